The average Bonchev–Trinajstić information content (AvgIpc) is 2.62. The summed E-state index contributed by atoms with van der Waals surface area (Å²) in [4.78, 5) is 12.1. The summed E-state index contributed by atoms with van der Waals surface area (Å²) in [6.07, 6.45) is -0.595. The molecule has 0 aliphatic carbocycles. The standard InChI is InChI=1S/C18H18FNO4/c19-14-6-4-13(5-7-14)11-24-16-3-1-2-15(10-16)20-18(21)17-12-22-8-9-23-17/h1-7,10,17H,8-9,11-12H2,(H,20,21)/t17-/m1/s1. The molecule has 0 aromatic heterocycles. The number of amides is 1. The van der Waals surface area contributed by atoms with Gasteiger partial charge in [-0.25, -0.2) is 4.39 Å². The number of carbonyl (C=O) groups is 1. The Bertz CT molecular complexity index is 684. The maximum atomic E-state index is 12.9. The first-order valence-corrected chi connectivity index (χ1v) is 7.68. The first-order valence-electron chi connectivity index (χ1n) is 7.68. The van der Waals surface area contributed by atoms with Crippen LogP contribution in [0.25, 0.3) is 0 Å². The van der Waals surface area contributed by atoms with Crippen LogP contribution in [0.15, 0.2) is 48.5 Å². The fourth-order valence-corrected chi connectivity index (χ4v) is 2.27. The second-order valence-electron chi connectivity index (χ2n) is 5.37. The van der Waals surface area contributed by atoms with Gasteiger partial charge in [-0.2, -0.15) is 0 Å². The van der Waals surface area contributed by atoms with Crippen LogP contribution in [0.5, 0.6) is 5.75 Å². The van der Waals surface area contributed by atoms with E-state index in [2.05, 4.69) is 5.32 Å². The molecule has 24 heavy (non-hydrogen) atoms. The number of ether oxygens (including phenoxy) is 3. The molecule has 0 unspecified atom stereocenters. The molecule has 5 nitrogen and oxygen atoms in total. The van der Waals surface area contributed by atoms with Crippen LogP contribution in [0.3, 0.4) is 0 Å². The number of benzene rings is 2. The highest BCUT2D eigenvalue weighted by molar-refractivity contribution is 5.94. The quantitative estimate of drug-likeness (QED) is 0.915. The van der Waals surface area contributed by atoms with E-state index >= 15 is 0 Å². The molecule has 2 aromatic carbocycles. The summed E-state index contributed by atoms with van der Waals surface area (Å²) >= 11 is 0. The molecule has 1 aliphatic rings. The Balaban J connectivity index is 1.57. The highest BCUT2D eigenvalue weighted by atomic mass is 19.1. The molecule has 0 saturated carbocycles. The molecule has 6 heteroatoms. The largest absolute Gasteiger partial charge is 0.489 e. The van der Waals surface area contributed by atoms with Crippen LogP contribution in [0.2, 0.25) is 0 Å². The van der Waals surface area contributed by atoms with Gasteiger partial charge in [0.15, 0.2) is 6.10 Å². The minimum Gasteiger partial charge on any atom is -0.489 e. The van der Waals surface area contributed by atoms with Crippen molar-refractivity contribution in [2.45, 2.75) is 12.7 Å². The maximum absolute atomic E-state index is 12.9. The molecule has 0 bridgehead atoms. The number of carbonyl (C=O) groups excluding carboxylic acids is 1. The smallest absolute Gasteiger partial charge is 0.255 e. The number of rotatable bonds is 5. The van der Waals surface area contributed by atoms with Gasteiger partial charge < -0.3 is 19.5 Å². The fourth-order valence-electron chi connectivity index (χ4n) is 2.27. The average molecular weight is 331 g/mol. The van der Waals surface area contributed by atoms with E-state index in [9.17, 15) is 9.18 Å². The molecule has 1 saturated heterocycles. The summed E-state index contributed by atoms with van der Waals surface area (Å²) < 4.78 is 29.1. The van der Waals surface area contributed by atoms with Crippen molar-refractivity contribution in [1.82, 2.24) is 0 Å². The van der Waals surface area contributed by atoms with Gasteiger partial charge in [-0.3, -0.25) is 4.79 Å². The first kappa shape index (κ1) is 16.4. The fraction of sp³-hybridized carbons (Fsp3) is 0.278. The van der Waals surface area contributed by atoms with Crippen LogP contribution in [0, 0.1) is 5.82 Å². The predicted octanol–water partition coefficient (Wildman–Crippen LogP) is 2.76. The highest BCUT2D eigenvalue weighted by Gasteiger charge is 2.22. The summed E-state index contributed by atoms with van der Waals surface area (Å²) in [5.41, 5.74) is 1.48. The molecular formula is C18H18FNO4. The molecule has 1 atom stereocenters. The van der Waals surface area contributed by atoms with Gasteiger partial charge in [-0.1, -0.05) is 18.2 Å². The second-order valence-corrected chi connectivity index (χ2v) is 5.37. The van der Waals surface area contributed by atoms with Crippen LogP contribution in [0.4, 0.5) is 10.1 Å². The van der Waals surface area contributed by atoms with Crippen molar-refractivity contribution >= 4 is 11.6 Å². The van der Waals surface area contributed by atoms with Gasteiger partial charge in [-0.05, 0) is 29.8 Å². The maximum Gasteiger partial charge on any atom is 0.255 e. The molecule has 0 radical (unpaired) electrons. The molecule has 1 fully saturated rings. The lowest BCUT2D eigenvalue weighted by molar-refractivity contribution is -0.142. The summed E-state index contributed by atoms with van der Waals surface area (Å²) in [6.45, 7) is 1.50. The van der Waals surface area contributed by atoms with E-state index in [1.807, 2.05) is 0 Å². The predicted molar refractivity (Wildman–Crippen MR) is 86.4 cm³/mol. The van der Waals surface area contributed by atoms with E-state index < -0.39 is 6.10 Å². The topological polar surface area (TPSA) is 56.8 Å². The zero-order valence-electron chi connectivity index (χ0n) is 13.0. The summed E-state index contributed by atoms with van der Waals surface area (Å²) in [5, 5.41) is 2.78. The van der Waals surface area contributed by atoms with Crippen LogP contribution in [0.1, 0.15) is 5.56 Å². The molecule has 2 aromatic rings. The third-order valence-corrected chi connectivity index (χ3v) is 3.53. The molecule has 1 heterocycles. The minimum absolute atomic E-state index is 0.245. The van der Waals surface area contributed by atoms with Crippen molar-refractivity contribution in [3.05, 3.63) is 59.9 Å². The summed E-state index contributed by atoms with van der Waals surface area (Å²) in [6, 6.07) is 13.2. The van der Waals surface area contributed by atoms with Gasteiger partial charge in [0.05, 0.1) is 19.8 Å². The van der Waals surface area contributed by atoms with Crippen LogP contribution in [-0.4, -0.2) is 31.8 Å². The summed E-state index contributed by atoms with van der Waals surface area (Å²) in [5.74, 6) is 0.0840. The van der Waals surface area contributed by atoms with Crippen molar-refractivity contribution in [2.24, 2.45) is 0 Å². The number of nitrogens with one attached hydrogen (secondary N) is 1. The van der Waals surface area contributed by atoms with Crippen molar-refractivity contribution < 1.29 is 23.4 Å². The lowest BCUT2D eigenvalue weighted by Crippen LogP contribution is -2.39. The third-order valence-electron chi connectivity index (χ3n) is 3.53. The Morgan fingerprint density at radius 3 is 2.79 bits per heavy atom. The monoisotopic (exact) mass is 331 g/mol. The molecule has 0 spiro atoms. The van der Waals surface area contributed by atoms with E-state index in [0.717, 1.165) is 5.56 Å². The zero-order chi connectivity index (χ0) is 16.8. The summed E-state index contributed by atoms with van der Waals surface area (Å²) in [7, 11) is 0. The van der Waals surface area contributed by atoms with Crippen LogP contribution in [-0.2, 0) is 20.9 Å². The number of hydrogen-bond acceptors (Lipinski definition) is 4. The van der Waals surface area contributed by atoms with E-state index in [0.29, 0.717) is 31.3 Å². The van der Waals surface area contributed by atoms with Gasteiger partial charge in [0.2, 0.25) is 0 Å². The van der Waals surface area contributed by atoms with Crippen molar-refractivity contribution in [1.29, 1.82) is 0 Å². The molecule has 1 aliphatic heterocycles. The normalized spacial score (nSPS) is 17.3. The van der Waals surface area contributed by atoms with E-state index in [4.69, 9.17) is 14.2 Å². The molecule has 1 amide bonds. The third kappa shape index (κ3) is 4.53. The molecule has 126 valence electrons. The van der Waals surface area contributed by atoms with Crippen molar-refractivity contribution in [2.75, 3.05) is 25.1 Å². The van der Waals surface area contributed by atoms with Gasteiger partial charge >= 0.3 is 0 Å². The van der Waals surface area contributed by atoms with Crippen molar-refractivity contribution in [3.8, 4) is 5.75 Å². The Morgan fingerprint density at radius 2 is 2.04 bits per heavy atom. The lowest BCUT2D eigenvalue weighted by Gasteiger charge is -2.22. The van der Waals surface area contributed by atoms with Crippen LogP contribution < -0.4 is 10.1 Å². The molecule has 3 rings (SSSR count). The Morgan fingerprint density at radius 1 is 1.21 bits per heavy atom. The number of anilines is 1. The highest BCUT2D eigenvalue weighted by Crippen LogP contribution is 2.19. The lowest BCUT2D eigenvalue weighted by atomic mass is 10.2. The zero-order valence-corrected chi connectivity index (χ0v) is 13.0. The van der Waals surface area contributed by atoms with E-state index in [1.165, 1.54) is 12.1 Å². The van der Waals surface area contributed by atoms with Crippen molar-refractivity contribution in [3.63, 3.8) is 0 Å². The molecule has 1 N–H and O–H groups in total. The Hall–Kier alpha value is -2.44. The molecular weight excluding hydrogens is 313 g/mol. The number of halogens is 1. The van der Waals surface area contributed by atoms with Gasteiger partial charge in [-0.15, -0.1) is 0 Å². The van der Waals surface area contributed by atoms with E-state index in [-0.39, 0.29) is 18.3 Å². The van der Waals surface area contributed by atoms with Gasteiger partial charge in [0.25, 0.3) is 5.91 Å². The first-order chi connectivity index (χ1) is 11.7. The van der Waals surface area contributed by atoms with Gasteiger partial charge in [0.1, 0.15) is 18.2 Å². The minimum atomic E-state index is -0.595. The Labute approximate surface area is 139 Å². The van der Waals surface area contributed by atoms with Crippen LogP contribution >= 0.6 is 0 Å². The SMILES string of the molecule is O=C(Nc1cccc(OCc2ccc(F)cc2)c1)[C@H]1COCCO1. The number of hydrogen-bond donors (Lipinski definition) is 1. The Kier molecular flexibility index (Phi) is 5.40. The second kappa shape index (κ2) is 7.90. The van der Waals surface area contributed by atoms with Gasteiger partial charge in [0, 0.05) is 11.8 Å². The van der Waals surface area contributed by atoms with E-state index in [1.54, 1.807) is 36.4 Å².